The van der Waals surface area contributed by atoms with Crippen LogP contribution in [0.1, 0.15) is 26.4 Å². The Bertz CT molecular complexity index is 1090. The van der Waals surface area contributed by atoms with Crippen molar-refractivity contribution >= 4 is 43.8 Å². The van der Waals surface area contributed by atoms with Crippen molar-refractivity contribution in [1.29, 1.82) is 0 Å². The molecule has 0 spiro atoms. The average molecular weight is 379 g/mol. The maximum absolute atomic E-state index is 12.8. The van der Waals surface area contributed by atoms with E-state index in [9.17, 15) is 4.79 Å². The van der Waals surface area contributed by atoms with Crippen molar-refractivity contribution in [2.75, 3.05) is 5.32 Å². The molecule has 0 radical (unpaired) electrons. The maximum Gasteiger partial charge on any atom is 0.256 e. The molecule has 0 saturated heterocycles. The lowest BCUT2D eigenvalue weighted by Gasteiger charge is -2.07. The van der Waals surface area contributed by atoms with Gasteiger partial charge in [-0.15, -0.1) is 22.7 Å². The second kappa shape index (κ2) is 6.67. The first-order valence-corrected chi connectivity index (χ1v) is 10.0. The molecule has 0 aliphatic heterocycles. The summed E-state index contributed by atoms with van der Waals surface area (Å²) in [5.41, 5.74) is 4.87. The second-order valence-corrected chi connectivity index (χ2v) is 8.50. The smallest absolute Gasteiger partial charge is 0.256 e. The Balaban J connectivity index is 1.77. The molecule has 26 heavy (non-hydrogen) atoms. The summed E-state index contributed by atoms with van der Waals surface area (Å²) in [6.45, 7) is 6.13. The first-order chi connectivity index (χ1) is 12.5. The number of nitrogens with one attached hydrogen (secondary N) is 1. The summed E-state index contributed by atoms with van der Waals surface area (Å²) in [6.07, 6.45) is 0. The number of carbonyl (C=O) groups excluding carboxylic acids is 1. The lowest BCUT2D eigenvalue weighted by atomic mass is 10.1. The zero-order valence-corrected chi connectivity index (χ0v) is 16.4. The number of aromatic nitrogens is 1. The normalized spacial score (nSPS) is 11.0. The van der Waals surface area contributed by atoms with E-state index in [0.717, 1.165) is 31.4 Å². The van der Waals surface area contributed by atoms with Crippen LogP contribution < -0.4 is 5.32 Å². The molecule has 0 fully saturated rings. The van der Waals surface area contributed by atoms with Crippen LogP contribution in [0.15, 0.2) is 48.5 Å². The fraction of sp³-hybridized carbons (Fsp3) is 0.143. The van der Waals surface area contributed by atoms with Crippen LogP contribution in [-0.2, 0) is 0 Å². The van der Waals surface area contributed by atoms with Crippen molar-refractivity contribution in [3.8, 4) is 10.6 Å². The molecule has 1 amide bonds. The topological polar surface area (TPSA) is 42.0 Å². The third kappa shape index (κ3) is 2.93. The standard InChI is InChI=1S/C21H18N2OS2/c1-12-8-4-5-9-15(12)19(24)23-21-18(13(2)14(3)25-21)20-22-16-10-6-7-11-17(16)26-20/h4-11H,1-3H3,(H,23,24). The summed E-state index contributed by atoms with van der Waals surface area (Å²) in [4.78, 5) is 18.8. The van der Waals surface area contributed by atoms with Gasteiger partial charge in [0.1, 0.15) is 10.0 Å². The van der Waals surface area contributed by atoms with E-state index in [2.05, 4.69) is 25.2 Å². The molecular weight excluding hydrogens is 360 g/mol. The van der Waals surface area contributed by atoms with Gasteiger partial charge in [0.05, 0.1) is 10.2 Å². The van der Waals surface area contributed by atoms with Gasteiger partial charge in [-0.3, -0.25) is 4.79 Å². The molecule has 1 N–H and O–H groups in total. The number of rotatable bonds is 3. The van der Waals surface area contributed by atoms with Crippen molar-refractivity contribution in [3.05, 3.63) is 70.1 Å². The lowest BCUT2D eigenvalue weighted by Crippen LogP contribution is -2.12. The largest absolute Gasteiger partial charge is 0.313 e. The van der Waals surface area contributed by atoms with Crippen molar-refractivity contribution in [1.82, 2.24) is 4.98 Å². The van der Waals surface area contributed by atoms with Gasteiger partial charge >= 0.3 is 0 Å². The third-order valence-electron chi connectivity index (χ3n) is 4.51. The Kier molecular flexibility index (Phi) is 4.34. The van der Waals surface area contributed by atoms with Crippen molar-refractivity contribution in [3.63, 3.8) is 0 Å². The van der Waals surface area contributed by atoms with Gasteiger partial charge in [-0.05, 0) is 50.1 Å². The van der Waals surface area contributed by atoms with Gasteiger partial charge in [-0.1, -0.05) is 30.3 Å². The van der Waals surface area contributed by atoms with Crippen LogP contribution in [0.2, 0.25) is 0 Å². The number of carbonyl (C=O) groups is 1. The molecule has 0 aliphatic rings. The Hall–Kier alpha value is -2.50. The van der Waals surface area contributed by atoms with Gasteiger partial charge < -0.3 is 5.32 Å². The van der Waals surface area contributed by atoms with E-state index in [0.29, 0.717) is 5.56 Å². The van der Waals surface area contributed by atoms with Crippen LogP contribution in [0.5, 0.6) is 0 Å². The molecule has 2 aromatic heterocycles. The van der Waals surface area contributed by atoms with Gasteiger partial charge in [0.15, 0.2) is 0 Å². The fourth-order valence-corrected chi connectivity index (χ4v) is 5.15. The summed E-state index contributed by atoms with van der Waals surface area (Å²) in [7, 11) is 0. The second-order valence-electron chi connectivity index (χ2n) is 6.24. The van der Waals surface area contributed by atoms with E-state index in [1.807, 2.05) is 49.4 Å². The summed E-state index contributed by atoms with van der Waals surface area (Å²) < 4.78 is 1.15. The van der Waals surface area contributed by atoms with Gasteiger partial charge in [-0.2, -0.15) is 0 Å². The monoisotopic (exact) mass is 378 g/mol. The molecule has 0 saturated carbocycles. The molecular formula is C21H18N2OS2. The van der Waals surface area contributed by atoms with Crippen molar-refractivity contribution < 1.29 is 4.79 Å². The summed E-state index contributed by atoms with van der Waals surface area (Å²) >= 11 is 3.27. The Labute approximate surface area is 160 Å². The van der Waals surface area contributed by atoms with Gasteiger partial charge in [0.25, 0.3) is 5.91 Å². The molecule has 0 bridgehead atoms. The van der Waals surface area contributed by atoms with Gasteiger partial charge in [-0.25, -0.2) is 4.98 Å². The highest BCUT2D eigenvalue weighted by atomic mass is 32.1. The molecule has 130 valence electrons. The molecule has 0 aliphatic carbocycles. The van der Waals surface area contributed by atoms with Crippen LogP contribution in [0.4, 0.5) is 5.00 Å². The van der Waals surface area contributed by atoms with Crippen LogP contribution >= 0.6 is 22.7 Å². The highest BCUT2D eigenvalue weighted by molar-refractivity contribution is 7.22. The van der Waals surface area contributed by atoms with Crippen LogP contribution in [0.3, 0.4) is 0 Å². The summed E-state index contributed by atoms with van der Waals surface area (Å²) in [5.74, 6) is -0.0771. The van der Waals surface area contributed by atoms with Crippen LogP contribution in [-0.4, -0.2) is 10.9 Å². The van der Waals surface area contributed by atoms with E-state index in [4.69, 9.17) is 4.98 Å². The molecule has 0 unspecified atom stereocenters. The minimum atomic E-state index is -0.0771. The minimum Gasteiger partial charge on any atom is -0.313 e. The summed E-state index contributed by atoms with van der Waals surface area (Å²) in [6, 6.07) is 15.8. The Morgan fingerprint density at radius 2 is 1.69 bits per heavy atom. The number of fused-ring (bicyclic) bond motifs is 1. The fourth-order valence-electron chi connectivity index (χ4n) is 2.95. The quantitative estimate of drug-likeness (QED) is 0.461. The zero-order valence-electron chi connectivity index (χ0n) is 14.8. The van der Waals surface area contributed by atoms with E-state index >= 15 is 0 Å². The number of hydrogen-bond acceptors (Lipinski definition) is 4. The van der Waals surface area contributed by atoms with Gasteiger partial charge in [0, 0.05) is 16.0 Å². The molecule has 5 heteroatoms. The minimum absolute atomic E-state index is 0.0771. The first-order valence-electron chi connectivity index (χ1n) is 8.37. The Morgan fingerprint density at radius 3 is 2.46 bits per heavy atom. The number of hydrogen-bond donors (Lipinski definition) is 1. The number of amides is 1. The lowest BCUT2D eigenvalue weighted by molar-refractivity contribution is 0.102. The molecule has 4 aromatic rings. The number of benzene rings is 2. The van der Waals surface area contributed by atoms with E-state index in [1.54, 1.807) is 22.7 Å². The molecule has 2 heterocycles. The molecule has 2 aromatic carbocycles. The SMILES string of the molecule is Cc1ccccc1C(=O)Nc1sc(C)c(C)c1-c1nc2ccccc2s1. The average Bonchev–Trinajstić information content (AvgIpc) is 3.16. The van der Waals surface area contributed by atoms with Crippen molar-refractivity contribution in [2.45, 2.75) is 20.8 Å². The number of anilines is 1. The predicted molar refractivity (Wildman–Crippen MR) is 112 cm³/mol. The number of aryl methyl sites for hydroxylation is 2. The van der Waals surface area contributed by atoms with E-state index in [1.165, 1.54) is 10.4 Å². The number of thiazole rings is 1. The predicted octanol–water partition coefficient (Wildman–Crippen LogP) is 6.20. The highest BCUT2D eigenvalue weighted by Crippen LogP contribution is 2.43. The molecule has 3 nitrogen and oxygen atoms in total. The first kappa shape index (κ1) is 16.9. The molecule has 4 rings (SSSR count). The number of para-hydroxylation sites is 1. The van der Waals surface area contributed by atoms with Crippen molar-refractivity contribution in [2.24, 2.45) is 0 Å². The molecule has 0 atom stereocenters. The van der Waals surface area contributed by atoms with Crippen LogP contribution in [0, 0.1) is 20.8 Å². The summed E-state index contributed by atoms with van der Waals surface area (Å²) in [5, 5.41) is 4.94. The van der Waals surface area contributed by atoms with E-state index < -0.39 is 0 Å². The number of thiophene rings is 1. The van der Waals surface area contributed by atoms with Crippen LogP contribution in [0.25, 0.3) is 20.8 Å². The maximum atomic E-state index is 12.8. The highest BCUT2D eigenvalue weighted by Gasteiger charge is 2.20. The zero-order chi connectivity index (χ0) is 18.3. The van der Waals surface area contributed by atoms with Gasteiger partial charge in [0.2, 0.25) is 0 Å². The third-order valence-corrected chi connectivity index (χ3v) is 6.69. The number of nitrogens with zero attached hydrogens (tertiary/aromatic N) is 1. The van der Waals surface area contributed by atoms with E-state index in [-0.39, 0.29) is 5.91 Å². The Morgan fingerprint density at radius 1 is 0.962 bits per heavy atom.